The van der Waals surface area contributed by atoms with Gasteiger partial charge in [0.05, 0.1) is 25.5 Å². The Balaban J connectivity index is 2.02. The van der Waals surface area contributed by atoms with Crippen molar-refractivity contribution >= 4 is 23.1 Å². The molecule has 172 valence electrons. The van der Waals surface area contributed by atoms with Crippen molar-refractivity contribution in [3.63, 3.8) is 0 Å². The minimum absolute atomic E-state index is 0.0738. The smallest absolute Gasteiger partial charge is 0.420 e. The van der Waals surface area contributed by atoms with Gasteiger partial charge in [-0.3, -0.25) is 4.79 Å². The molecular formula is C22H24F3N3O4. The lowest BCUT2D eigenvalue weighted by atomic mass is 10.0. The molecule has 1 atom stereocenters. The third kappa shape index (κ3) is 5.30. The largest absolute Gasteiger partial charge is 0.501 e. The van der Waals surface area contributed by atoms with Gasteiger partial charge in [-0.15, -0.1) is 0 Å². The van der Waals surface area contributed by atoms with Crippen molar-refractivity contribution in [3.05, 3.63) is 53.7 Å². The van der Waals surface area contributed by atoms with Gasteiger partial charge in [-0.25, -0.2) is 9.78 Å². The molecule has 2 aromatic heterocycles. The number of allylic oxidation sites excluding steroid dienone is 2. The second-order valence-corrected chi connectivity index (χ2v) is 7.80. The van der Waals surface area contributed by atoms with Gasteiger partial charge in [0.2, 0.25) is 0 Å². The van der Waals surface area contributed by atoms with Crippen LogP contribution in [0.25, 0.3) is 11.2 Å². The quantitative estimate of drug-likeness (QED) is 0.672. The normalized spacial score (nSPS) is 15.2. The van der Waals surface area contributed by atoms with Crippen LogP contribution in [0.4, 0.5) is 13.2 Å². The van der Waals surface area contributed by atoms with Crippen molar-refractivity contribution < 1.29 is 32.2 Å². The van der Waals surface area contributed by atoms with E-state index in [1.54, 1.807) is 12.2 Å². The van der Waals surface area contributed by atoms with E-state index in [-0.39, 0.29) is 11.6 Å². The molecule has 7 nitrogen and oxygen atoms in total. The molecule has 0 fully saturated rings. The van der Waals surface area contributed by atoms with Crippen molar-refractivity contribution in [3.8, 4) is 0 Å². The number of nitrogens with zero attached hydrogens (tertiary/aromatic N) is 2. The van der Waals surface area contributed by atoms with E-state index >= 15 is 0 Å². The van der Waals surface area contributed by atoms with Gasteiger partial charge in [0.15, 0.2) is 0 Å². The summed E-state index contributed by atoms with van der Waals surface area (Å²) in [6, 6.07) is 0.0675. The topological polar surface area (TPSA) is 81.9 Å². The Labute approximate surface area is 182 Å². The number of pyridine rings is 1. The number of rotatable bonds is 6. The maximum absolute atomic E-state index is 13.8. The van der Waals surface area contributed by atoms with E-state index in [0.29, 0.717) is 30.6 Å². The highest BCUT2D eigenvalue weighted by atomic mass is 19.4. The zero-order valence-corrected chi connectivity index (χ0v) is 17.9. The molecule has 1 aliphatic rings. The molecule has 3 rings (SSSR count). The number of esters is 1. The highest BCUT2D eigenvalue weighted by Crippen LogP contribution is 2.34. The molecule has 0 spiro atoms. The maximum atomic E-state index is 13.8. The third-order valence-electron chi connectivity index (χ3n) is 4.86. The van der Waals surface area contributed by atoms with E-state index in [1.807, 2.05) is 13.8 Å². The first-order valence-corrected chi connectivity index (χ1v) is 10.1. The van der Waals surface area contributed by atoms with Crippen LogP contribution in [0.5, 0.6) is 0 Å². The third-order valence-corrected chi connectivity index (χ3v) is 4.86. The van der Waals surface area contributed by atoms with Crippen LogP contribution in [0.3, 0.4) is 0 Å². The SMILES string of the molecule is COC(=O)C(CC(C)C)NC(=O)c1cn2cc(C3=CCCOC=C3)cc(C(F)(F)F)c2n1. The number of amides is 1. The lowest BCUT2D eigenvalue weighted by Gasteiger charge is -2.17. The number of ether oxygens (including phenoxy) is 2. The number of imidazole rings is 1. The van der Waals surface area contributed by atoms with Gasteiger partial charge in [0.1, 0.15) is 17.4 Å². The molecule has 1 N–H and O–H groups in total. The van der Waals surface area contributed by atoms with E-state index in [0.717, 1.165) is 6.07 Å². The Kier molecular flexibility index (Phi) is 6.90. The number of fused-ring (bicyclic) bond motifs is 1. The molecule has 10 heteroatoms. The van der Waals surface area contributed by atoms with Crippen LogP contribution in [0.1, 0.15) is 48.3 Å². The molecule has 0 saturated carbocycles. The fraction of sp³-hybridized carbons (Fsp3) is 0.409. The number of halogens is 3. The fourth-order valence-corrected chi connectivity index (χ4v) is 3.39. The Morgan fingerprint density at radius 3 is 2.72 bits per heavy atom. The molecular weight excluding hydrogens is 427 g/mol. The first-order valence-electron chi connectivity index (χ1n) is 10.1. The molecule has 0 aromatic carbocycles. The van der Waals surface area contributed by atoms with Gasteiger partial charge in [-0.1, -0.05) is 19.9 Å². The summed E-state index contributed by atoms with van der Waals surface area (Å²) in [4.78, 5) is 28.6. The molecule has 0 radical (unpaired) electrons. The van der Waals surface area contributed by atoms with Crippen LogP contribution in [0.15, 0.2) is 36.9 Å². The summed E-state index contributed by atoms with van der Waals surface area (Å²) >= 11 is 0. The average Bonchev–Trinajstić information content (AvgIpc) is 2.96. The predicted octanol–water partition coefficient (Wildman–Crippen LogP) is 3.99. The van der Waals surface area contributed by atoms with Crippen molar-refractivity contribution in [2.24, 2.45) is 5.92 Å². The molecule has 3 heterocycles. The van der Waals surface area contributed by atoms with Crippen molar-refractivity contribution in [1.29, 1.82) is 0 Å². The summed E-state index contributed by atoms with van der Waals surface area (Å²) in [5.74, 6) is -1.32. The van der Waals surface area contributed by atoms with Crippen LogP contribution < -0.4 is 5.32 Å². The van der Waals surface area contributed by atoms with Crippen LogP contribution in [-0.4, -0.2) is 41.0 Å². The van der Waals surface area contributed by atoms with Crippen LogP contribution in [0.2, 0.25) is 0 Å². The van der Waals surface area contributed by atoms with E-state index < -0.39 is 35.3 Å². The standard InChI is InChI=1S/C22H24F3N3O4/c1-13(2)9-17(21(30)31-3)27-20(29)18-12-28-11-15(14-5-4-7-32-8-6-14)10-16(19(28)26-18)22(23,24)25/h5-6,8,10-13,17H,4,7,9H2,1-3H3,(H,27,29). The first kappa shape index (κ1) is 23.4. The number of nitrogens with one attached hydrogen (secondary N) is 1. The summed E-state index contributed by atoms with van der Waals surface area (Å²) in [6.45, 7) is 4.17. The molecule has 32 heavy (non-hydrogen) atoms. The Hall–Kier alpha value is -3.30. The number of carbonyl (C=O) groups is 2. The van der Waals surface area contributed by atoms with Crippen molar-refractivity contribution in [2.45, 2.75) is 38.9 Å². The monoisotopic (exact) mass is 451 g/mol. The molecule has 1 unspecified atom stereocenters. The number of carbonyl (C=O) groups excluding carboxylic acids is 2. The number of methoxy groups -OCH3 is 1. The molecule has 0 bridgehead atoms. The minimum Gasteiger partial charge on any atom is -0.501 e. The fourth-order valence-electron chi connectivity index (χ4n) is 3.39. The van der Waals surface area contributed by atoms with E-state index in [9.17, 15) is 22.8 Å². The second-order valence-electron chi connectivity index (χ2n) is 7.80. The second kappa shape index (κ2) is 9.46. The zero-order valence-electron chi connectivity index (χ0n) is 17.9. The summed E-state index contributed by atoms with van der Waals surface area (Å²) in [6.07, 6.45) is 3.66. The van der Waals surface area contributed by atoms with Crippen LogP contribution in [-0.2, 0) is 20.4 Å². The lowest BCUT2D eigenvalue weighted by Crippen LogP contribution is -2.42. The van der Waals surface area contributed by atoms with Gasteiger partial charge in [0, 0.05) is 18.8 Å². The highest BCUT2D eigenvalue weighted by molar-refractivity contribution is 5.95. The lowest BCUT2D eigenvalue weighted by molar-refractivity contribution is -0.143. The van der Waals surface area contributed by atoms with Gasteiger partial charge >= 0.3 is 12.1 Å². The minimum atomic E-state index is -4.69. The number of aromatic nitrogens is 2. The molecule has 2 aromatic rings. The summed E-state index contributed by atoms with van der Waals surface area (Å²) in [5.41, 5.74) is -0.737. The van der Waals surface area contributed by atoms with Gasteiger partial charge in [-0.2, -0.15) is 13.2 Å². The number of hydrogen-bond acceptors (Lipinski definition) is 5. The summed E-state index contributed by atoms with van der Waals surface area (Å²) in [5, 5.41) is 2.51. The number of hydrogen-bond donors (Lipinski definition) is 1. The summed E-state index contributed by atoms with van der Waals surface area (Å²) < 4.78 is 52.4. The first-order chi connectivity index (χ1) is 15.1. The number of alkyl halides is 3. The Bertz CT molecular complexity index is 1070. The Morgan fingerprint density at radius 1 is 1.31 bits per heavy atom. The molecule has 0 aliphatic carbocycles. The highest BCUT2D eigenvalue weighted by Gasteiger charge is 2.35. The molecule has 0 saturated heterocycles. The van der Waals surface area contributed by atoms with Crippen molar-refractivity contribution in [1.82, 2.24) is 14.7 Å². The van der Waals surface area contributed by atoms with Gasteiger partial charge < -0.3 is 19.2 Å². The van der Waals surface area contributed by atoms with Gasteiger partial charge in [0.25, 0.3) is 5.91 Å². The Morgan fingerprint density at radius 2 is 2.06 bits per heavy atom. The summed E-state index contributed by atoms with van der Waals surface area (Å²) in [7, 11) is 1.20. The zero-order chi connectivity index (χ0) is 23.5. The van der Waals surface area contributed by atoms with E-state index in [4.69, 9.17) is 9.47 Å². The van der Waals surface area contributed by atoms with Crippen LogP contribution >= 0.6 is 0 Å². The molecule has 1 amide bonds. The predicted molar refractivity (Wildman–Crippen MR) is 111 cm³/mol. The maximum Gasteiger partial charge on any atom is 0.420 e. The van der Waals surface area contributed by atoms with Crippen LogP contribution in [0, 0.1) is 5.92 Å². The van der Waals surface area contributed by atoms with E-state index in [2.05, 4.69) is 10.3 Å². The van der Waals surface area contributed by atoms with Gasteiger partial charge in [-0.05, 0) is 35.6 Å². The van der Waals surface area contributed by atoms with Crippen molar-refractivity contribution in [2.75, 3.05) is 13.7 Å². The average molecular weight is 451 g/mol. The molecule has 1 aliphatic heterocycles. The van der Waals surface area contributed by atoms with E-state index in [1.165, 1.54) is 30.2 Å².